The highest BCUT2D eigenvalue weighted by Crippen LogP contribution is 2.19. The Kier molecular flexibility index (Phi) is 4.97. The number of carbonyl (C=O) groups is 1. The molecule has 0 saturated carbocycles. The van der Waals surface area contributed by atoms with Crippen LogP contribution in [-0.4, -0.2) is 33.7 Å². The van der Waals surface area contributed by atoms with E-state index in [9.17, 15) is 9.18 Å². The maximum Gasteiger partial charge on any atom is 0.229 e. The minimum atomic E-state index is -0.475. The minimum Gasteiger partial charge on any atom is -0.358 e. The minimum absolute atomic E-state index is 0.0345. The van der Waals surface area contributed by atoms with Crippen LogP contribution in [-0.2, 0) is 10.5 Å². The van der Waals surface area contributed by atoms with Crippen LogP contribution in [0.4, 0.5) is 4.39 Å². The summed E-state index contributed by atoms with van der Waals surface area (Å²) < 4.78 is 14.6. The highest BCUT2D eigenvalue weighted by atomic mass is 35.5. The normalized spacial score (nSPS) is 10.6. The zero-order valence-corrected chi connectivity index (χ0v) is 12.2. The smallest absolute Gasteiger partial charge is 0.229 e. The van der Waals surface area contributed by atoms with Gasteiger partial charge in [-0.1, -0.05) is 16.8 Å². The summed E-state index contributed by atoms with van der Waals surface area (Å²) in [5, 5.41) is 10.5. The van der Waals surface area contributed by atoms with Crippen molar-refractivity contribution in [1.82, 2.24) is 20.3 Å². The van der Waals surface area contributed by atoms with Crippen molar-refractivity contribution in [3.8, 4) is 5.69 Å². The zero-order chi connectivity index (χ0) is 14.5. The van der Waals surface area contributed by atoms with Gasteiger partial charge < -0.3 is 5.32 Å². The topological polar surface area (TPSA) is 59.8 Å². The van der Waals surface area contributed by atoms with Crippen molar-refractivity contribution in [2.45, 2.75) is 5.75 Å². The molecule has 1 aromatic heterocycles. The second-order valence-electron chi connectivity index (χ2n) is 3.92. The van der Waals surface area contributed by atoms with Gasteiger partial charge in [-0.2, -0.15) is 0 Å². The third-order valence-corrected chi connectivity index (χ3v) is 3.73. The van der Waals surface area contributed by atoms with Gasteiger partial charge in [-0.15, -0.1) is 16.9 Å². The summed E-state index contributed by atoms with van der Waals surface area (Å²) in [7, 11) is 1.59. The molecule has 1 heterocycles. The molecule has 1 aromatic carbocycles. The SMILES string of the molecule is CNC(=O)CSCc1cn(-c2ccc(F)c(Cl)c2)nn1. The van der Waals surface area contributed by atoms with E-state index in [0.717, 1.165) is 5.69 Å². The van der Waals surface area contributed by atoms with Crippen molar-refractivity contribution in [2.75, 3.05) is 12.8 Å². The summed E-state index contributed by atoms with van der Waals surface area (Å²) in [6.07, 6.45) is 1.72. The fraction of sp³-hybridized carbons (Fsp3) is 0.250. The predicted octanol–water partition coefficient (Wildman–Crippen LogP) is 2.04. The molecule has 0 spiro atoms. The number of halogens is 2. The third-order valence-electron chi connectivity index (χ3n) is 2.47. The maximum absolute atomic E-state index is 13.1. The first kappa shape index (κ1) is 14.8. The maximum atomic E-state index is 13.1. The molecule has 0 aliphatic carbocycles. The average Bonchev–Trinajstić information content (AvgIpc) is 2.90. The summed E-state index contributed by atoms with van der Waals surface area (Å²) in [5.74, 6) is 0.429. The number of hydrogen-bond donors (Lipinski definition) is 1. The summed E-state index contributed by atoms with van der Waals surface area (Å²) in [4.78, 5) is 11.1. The first-order valence-corrected chi connectivity index (χ1v) is 7.28. The van der Waals surface area contributed by atoms with Gasteiger partial charge >= 0.3 is 0 Å². The number of hydrogen-bond acceptors (Lipinski definition) is 4. The van der Waals surface area contributed by atoms with Crippen LogP contribution in [0.5, 0.6) is 0 Å². The summed E-state index contributed by atoms with van der Waals surface area (Å²) in [6.45, 7) is 0. The van der Waals surface area contributed by atoms with Gasteiger partial charge in [-0.05, 0) is 18.2 Å². The molecule has 0 radical (unpaired) electrons. The van der Waals surface area contributed by atoms with Gasteiger partial charge in [0.2, 0.25) is 5.91 Å². The van der Waals surface area contributed by atoms with Crippen molar-refractivity contribution in [3.63, 3.8) is 0 Å². The van der Waals surface area contributed by atoms with Crippen LogP contribution >= 0.6 is 23.4 Å². The van der Waals surface area contributed by atoms with E-state index in [1.807, 2.05) is 0 Å². The second kappa shape index (κ2) is 6.71. The van der Waals surface area contributed by atoms with E-state index in [1.54, 1.807) is 19.3 Å². The lowest BCUT2D eigenvalue weighted by Gasteiger charge is -2.01. The number of benzene rings is 1. The van der Waals surface area contributed by atoms with Crippen LogP contribution in [0.25, 0.3) is 5.69 Å². The lowest BCUT2D eigenvalue weighted by atomic mass is 10.3. The molecule has 8 heteroatoms. The molecule has 2 aromatic rings. The number of thioether (sulfide) groups is 1. The molecular weight excluding hydrogens is 303 g/mol. The van der Waals surface area contributed by atoms with Crippen molar-refractivity contribution in [1.29, 1.82) is 0 Å². The van der Waals surface area contributed by atoms with Gasteiger partial charge in [-0.3, -0.25) is 4.79 Å². The Bertz CT molecular complexity index is 619. The molecule has 5 nitrogen and oxygen atoms in total. The Hall–Kier alpha value is -1.60. The zero-order valence-electron chi connectivity index (χ0n) is 10.6. The van der Waals surface area contributed by atoms with Crippen LogP contribution in [0.15, 0.2) is 24.4 Å². The van der Waals surface area contributed by atoms with E-state index in [-0.39, 0.29) is 10.9 Å². The Labute approximate surface area is 124 Å². The third kappa shape index (κ3) is 3.71. The van der Waals surface area contributed by atoms with Crippen molar-refractivity contribution >= 4 is 29.3 Å². The lowest BCUT2D eigenvalue weighted by molar-refractivity contribution is -0.118. The fourth-order valence-electron chi connectivity index (χ4n) is 1.44. The van der Waals surface area contributed by atoms with Crippen LogP contribution in [0, 0.1) is 5.82 Å². The fourth-order valence-corrected chi connectivity index (χ4v) is 2.39. The summed E-state index contributed by atoms with van der Waals surface area (Å²) in [5.41, 5.74) is 1.37. The number of nitrogens with zero attached hydrogens (tertiary/aromatic N) is 3. The Balaban J connectivity index is 2.01. The molecule has 0 saturated heterocycles. The molecule has 0 fully saturated rings. The van der Waals surface area contributed by atoms with Crippen LogP contribution in [0.3, 0.4) is 0 Å². The number of nitrogens with one attached hydrogen (secondary N) is 1. The molecule has 0 aliphatic rings. The summed E-state index contributed by atoms with van der Waals surface area (Å²) in [6, 6.07) is 4.32. The molecule has 0 atom stereocenters. The highest BCUT2D eigenvalue weighted by molar-refractivity contribution is 7.99. The Morgan fingerprint density at radius 1 is 1.55 bits per heavy atom. The van der Waals surface area contributed by atoms with Gasteiger partial charge in [0.15, 0.2) is 0 Å². The van der Waals surface area contributed by atoms with E-state index in [4.69, 9.17) is 11.6 Å². The van der Waals surface area contributed by atoms with Gasteiger partial charge in [0.1, 0.15) is 5.82 Å². The van der Waals surface area contributed by atoms with Crippen molar-refractivity contribution < 1.29 is 9.18 Å². The molecule has 0 unspecified atom stereocenters. The van der Waals surface area contributed by atoms with Gasteiger partial charge in [0.05, 0.1) is 28.4 Å². The second-order valence-corrected chi connectivity index (χ2v) is 5.31. The Morgan fingerprint density at radius 2 is 2.35 bits per heavy atom. The highest BCUT2D eigenvalue weighted by Gasteiger charge is 2.07. The van der Waals surface area contributed by atoms with E-state index in [0.29, 0.717) is 17.2 Å². The first-order valence-electron chi connectivity index (χ1n) is 5.75. The van der Waals surface area contributed by atoms with Crippen LogP contribution < -0.4 is 5.32 Å². The average molecular weight is 315 g/mol. The molecule has 0 bridgehead atoms. The molecule has 106 valence electrons. The molecule has 20 heavy (non-hydrogen) atoms. The van der Waals surface area contributed by atoms with Crippen LogP contribution in [0.1, 0.15) is 5.69 Å². The number of carbonyl (C=O) groups excluding carboxylic acids is 1. The molecular formula is C12H12ClFN4OS. The number of aromatic nitrogens is 3. The van der Waals surface area contributed by atoms with Gasteiger partial charge in [0.25, 0.3) is 0 Å². The van der Waals surface area contributed by atoms with Crippen molar-refractivity contribution in [3.05, 3.63) is 40.9 Å². The predicted molar refractivity (Wildman–Crippen MR) is 76.6 cm³/mol. The van der Waals surface area contributed by atoms with Gasteiger partial charge in [-0.25, -0.2) is 9.07 Å². The molecule has 1 N–H and O–H groups in total. The lowest BCUT2D eigenvalue weighted by Crippen LogP contribution is -2.19. The quantitative estimate of drug-likeness (QED) is 0.917. The number of rotatable bonds is 5. The summed E-state index contributed by atoms with van der Waals surface area (Å²) >= 11 is 7.16. The molecule has 1 amide bonds. The van der Waals surface area contributed by atoms with Crippen LogP contribution in [0.2, 0.25) is 5.02 Å². The van der Waals surface area contributed by atoms with E-state index >= 15 is 0 Å². The Morgan fingerprint density at radius 3 is 3.05 bits per heavy atom. The first-order chi connectivity index (χ1) is 9.60. The van der Waals surface area contributed by atoms with E-state index < -0.39 is 5.82 Å². The van der Waals surface area contributed by atoms with Crippen molar-refractivity contribution in [2.24, 2.45) is 0 Å². The monoisotopic (exact) mass is 314 g/mol. The molecule has 2 rings (SSSR count). The largest absolute Gasteiger partial charge is 0.358 e. The van der Waals surface area contributed by atoms with E-state index in [2.05, 4.69) is 15.6 Å². The van der Waals surface area contributed by atoms with E-state index in [1.165, 1.54) is 28.6 Å². The molecule has 0 aliphatic heterocycles. The standard InChI is InChI=1S/C12H12ClFN4OS/c1-15-12(19)7-20-6-8-5-18(17-16-8)9-2-3-11(14)10(13)4-9/h2-5H,6-7H2,1H3,(H,15,19). The number of amides is 1. The van der Waals surface area contributed by atoms with Gasteiger partial charge in [0, 0.05) is 12.8 Å².